The topological polar surface area (TPSA) is 58.0 Å². The fourth-order valence-electron chi connectivity index (χ4n) is 3.03. The van der Waals surface area contributed by atoms with Crippen LogP contribution in [0, 0.1) is 6.92 Å². The van der Waals surface area contributed by atoms with Gasteiger partial charge in [-0.1, -0.05) is 18.7 Å². The second-order valence-electron chi connectivity index (χ2n) is 6.31. The van der Waals surface area contributed by atoms with E-state index in [2.05, 4.69) is 26.7 Å². The van der Waals surface area contributed by atoms with Gasteiger partial charge in [-0.25, -0.2) is 4.98 Å². The molecule has 1 saturated heterocycles. The first kappa shape index (κ1) is 15.8. The molecule has 2 aliphatic heterocycles. The van der Waals surface area contributed by atoms with Crippen LogP contribution in [0.5, 0.6) is 0 Å². The van der Waals surface area contributed by atoms with E-state index in [4.69, 9.17) is 8.83 Å². The van der Waals surface area contributed by atoms with Gasteiger partial charge in [0.2, 0.25) is 0 Å². The zero-order valence-electron chi connectivity index (χ0n) is 14.1. The molecule has 0 aromatic carbocycles. The van der Waals surface area contributed by atoms with Crippen molar-refractivity contribution in [1.82, 2.24) is 14.8 Å². The molecule has 0 bridgehead atoms. The maximum Gasteiger partial charge on any atom is 0.263 e. The zero-order valence-corrected chi connectivity index (χ0v) is 14.9. The smallest absolute Gasteiger partial charge is 0.263 e. The lowest BCUT2D eigenvalue weighted by Gasteiger charge is -2.35. The molecule has 2 aromatic rings. The van der Waals surface area contributed by atoms with Crippen LogP contribution in [0.3, 0.4) is 0 Å². The molecule has 1 fully saturated rings. The van der Waals surface area contributed by atoms with Gasteiger partial charge in [-0.15, -0.1) is 0 Å². The average Bonchev–Trinajstić information content (AvgIpc) is 3.30. The van der Waals surface area contributed by atoms with E-state index < -0.39 is 0 Å². The summed E-state index contributed by atoms with van der Waals surface area (Å²) < 4.78 is 11.1. The van der Waals surface area contributed by atoms with E-state index in [1.165, 1.54) is 5.17 Å². The first-order chi connectivity index (χ1) is 11.7. The summed E-state index contributed by atoms with van der Waals surface area (Å²) in [6, 6.07) is 3.72. The molecule has 4 heterocycles. The Morgan fingerprint density at radius 2 is 2.12 bits per heavy atom. The van der Waals surface area contributed by atoms with E-state index >= 15 is 0 Å². The molecule has 0 N–H and O–H groups in total. The molecule has 0 saturated carbocycles. The SMILES string of the molecule is Cc1oc(-c2ccco2)nc1CN1CCN(C2=NCC(C)S2)CC1. The van der Waals surface area contributed by atoms with Crippen molar-refractivity contribution in [2.45, 2.75) is 25.6 Å². The van der Waals surface area contributed by atoms with Gasteiger partial charge >= 0.3 is 0 Å². The van der Waals surface area contributed by atoms with Crippen LogP contribution < -0.4 is 0 Å². The lowest BCUT2D eigenvalue weighted by atomic mass is 10.3. The van der Waals surface area contributed by atoms with Crippen molar-refractivity contribution < 1.29 is 8.83 Å². The molecule has 0 aliphatic carbocycles. The molecule has 6 nitrogen and oxygen atoms in total. The Kier molecular flexibility index (Phi) is 4.37. The number of amidine groups is 1. The lowest BCUT2D eigenvalue weighted by molar-refractivity contribution is 0.175. The summed E-state index contributed by atoms with van der Waals surface area (Å²) in [5.41, 5.74) is 0.996. The molecule has 7 heteroatoms. The predicted octanol–water partition coefficient (Wildman–Crippen LogP) is 2.85. The van der Waals surface area contributed by atoms with E-state index in [9.17, 15) is 0 Å². The van der Waals surface area contributed by atoms with Crippen molar-refractivity contribution in [3.63, 3.8) is 0 Å². The van der Waals surface area contributed by atoms with Gasteiger partial charge in [-0.2, -0.15) is 0 Å². The van der Waals surface area contributed by atoms with Gasteiger partial charge in [0.25, 0.3) is 5.89 Å². The zero-order chi connectivity index (χ0) is 16.5. The Balaban J connectivity index is 1.36. The largest absolute Gasteiger partial charge is 0.459 e. The van der Waals surface area contributed by atoms with Gasteiger partial charge in [0.1, 0.15) is 5.76 Å². The van der Waals surface area contributed by atoms with Crippen LogP contribution >= 0.6 is 11.8 Å². The third kappa shape index (κ3) is 3.23. The summed E-state index contributed by atoms with van der Waals surface area (Å²) in [5.74, 6) is 2.12. The third-order valence-corrected chi connectivity index (χ3v) is 5.58. The molecule has 4 rings (SSSR count). The standard InChI is InChI=1S/C17H22N4O2S/c1-12-10-18-17(24-12)21-7-5-20(6-8-21)11-14-13(2)23-16(19-14)15-4-3-9-22-15/h3-4,9,12H,5-8,10-11H2,1-2H3. The number of oxazole rings is 1. The molecule has 1 atom stereocenters. The van der Waals surface area contributed by atoms with Crippen molar-refractivity contribution in [3.8, 4) is 11.7 Å². The van der Waals surface area contributed by atoms with E-state index in [1.807, 2.05) is 30.8 Å². The molecule has 0 amide bonds. The normalized spacial score (nSPS) is 22.2. The van der Waals surface area contributed by atoms with Crippen LogP contribution in [0.2, 0.25) is 0 Å². The molecule has 2 aromatic heterocycles. The molecule has 2 aliphatic rings. The predicted molar refractivity (Wildman–Crippen MR) is 95.1 cm³/mol. The van der Waals surface area contributed by atoms with Gasteiger partial charge in [0.05, 0.1) is 18.5 Å². The minimum atomic E-state index is 0.567. The molecule has 24 heavy (non-hydrogen) atoms. The maximum atomic E-state index is 5.75. The van der Waals surface area contributed by atoms with Crippen LogP contribution in [0.25, 0.3) is 11.7 Å². The highest BCUT2D eigenvalue weighted by atomic mass is 32.2. The minimum absolute atomic E-state index is 0.567. The molecule has 0 radical (unpaired) electrons. The van der Waals surface area contributed by atoms with Crippen molar-refractivity contribution >= 4 is 16.9 Å². The minimum Gasteiger partial charge on any atom is -0.459 e. The third-order valence-electron chi connectivity index (χ3n) is 4.43. The van der Waals surface area contributed by atoms with Gasteiger partial charge < -0.3 is 13.7 Å². The van der Waals surface area contributed by atoms with Crippen molar-refractivity contribution in [1.29, 1.82) is 0 Å². The summed E-state index contributed by atoms with van der Waals surface area (Å²) in [4.78, 5) is 14.1. The van der Waals surface area contributed by atoms with Gasteiger partial charge in [0, 0.05) is 38.0 Å². The van der Waals surface area contributed by atoms with Crippen LogP contribution in [0.15, 0.2) is 32.2 Å². The number of aryl methyl sites for hydroxylation is 1. The van der Waals surface area contributed by atoms with E-state index in [-0.39, 0.29) is 0 Å². The molecule has 0 spiro atoms. The highest BCUT2D eigenvalue weighted by Gasteiger charge is 2.25. The van der Waals surface area contributed by atoms with Crippen molar-refractivity contribution in [2.24, 2.45) is 4.99 Å². The summed E-state index contributed by atoms with van der Waals surface area (Å²) >= 11 is 1.90. The van der Waals surface area contributed by atoms with E-state index in [0.29, 0.717) is 16.9 Å². The summed E-state index contributed by atoms with van der Waals surface area (Å²) in [7, 11) is 0. The Labute approximate surface area is 145 Å². The highest BCUT2D eigenvalue weighted by Crippen LogP contribution is 2.25. The number of nitrogens with zero attached hydrogens (tertiary/aromatic N) is 4. The Bertz CT molecular complexity index is 717. The van der Waals surface area contributed by atoms with E-state index in [0.717, 1.165) is 50.7 Å². The summed E-state index contributed by atoms with van der Waals surface area (Å²) in [6.07, 6.45) is 1.64. The molecular weight excluding hydrogens is 324 g/mol. The maximum absolute atomic E-state index is 5.75. The monoisotopic (exact) mass is 346 g/mol. The molecule has 128 valence electrons. The number of piperazine rings is 1. The fourth-order valence-corrected chi connectivity index (χ4v) is 4.01. The van der Waals surface area contributed by atoms with Crippen LogP contribution in [-0.2, 0) is 6.54 Å². The Morgan fingerprint density at radius 1 is 1.29 bits per heavy atom. The number of aliphatic imine (C=N–C) groups is 1. The van der Waals surface area contributed by atoms with Crippen LogP contribution in [0.1, 0.15) is 18.4 Å². The van der Waals surface area contributed by atoms with Gasteiger partial charge in [0.15, 0.2) is 10.9 Å². The summed E-state index contributed by atoms with van der Waals surface area (Å²) in [5, 5.41) is 1.84. The second kappa shape index (κ2) is 6.64. The van der Waals surface area contributed by atoms with Crippen LogP contribution in [0.4, 0.5) is 0 Å². The fraction of sp³-hybridized carbons (Fsp3) is 0.529. The Hall–Kier alpha value is -1.73. The number of aromatic nitrogens is 1. The molecular formula is C17H22N4O2S. The number of hydrogen-bond acceptors (Lipinski definition) is 7. The van der Waals surface area contributed by atoms with Crippen molar-refractivity contribution in [2.75, 3.05) is 32.7 Å². The van der Waals surface area contributed by atoms with Crippen LogP contribution in [-0.4, -0.2) is 57.9 Å². The summed E-state index contributed by atoms with van der Waals surface area (Å²) in [6.45, 7) is 10.1. The highest BCUT2D eigenvalue weighted by molar-refractivity contribution is 8.14. The number of rotatable bonds is 3. The second-order valence-corrected chi connectivity index (χ2v) is 7.72. The van der Waals surface area contributed by atoms with Crippen molar-refractivity contribution in [3.05, 3.63) is 29.9 Å². The van der Waals surface area contributed by atoms with Gasteiger partial charge in [-0.3, -0.25) is 9.89 Å². The number of thioether (sulfide) groups is 1. The lowest BCUT2D eigenvalue weighted by Crippen LogP contribution is -2.47. The Morgan fingerprint density at radius 3 is 2.79 bits per heavy atom. The number of furan rings is 1. The first-order valence-electron chi connectivity index (χ1n) is 8.37. The van der Waals surface area contributed by atoms with Gasteiger partial charge in [-0.05, 0) is 19.1 Å². The quantitative estimate of drug-likeness (QED) is 0.852. The first-order valence-corrected chi connectivity index (χ1v) is 9.25. The average molecular weight is 346 g/mol. The number of hydrogen-bond donors (Lipinski definition) is 0. The van der Waals surface area contributed by atoms with E-state index in [1.54, 1.807) is 6.26 Å². The molecule has 1 unspecified atom stereocenters.